The van der Waals surface area contributed by atoms with Gasteiger partial charge in [-0.25, -0.2) is 4.39 Å². The van der Waals surface area contributed by atoms with Gasteiger partial charge in [0.1, 0.15) is 0 Å². The van der Waals surface area contributed by atoms with Crippen molar-refractivity contribution in [2.45, 2.75) is 31.7 Å². The summed E-state index contributed by atoms with van der Waals surface area (Å²) < 4.78 is 19.2. The highest BCUT2D eigenvalue weighted by molar-refractivity contribution is 5.36. The average molecular weight is 223 g/mol. The van der Waals surface area contributed by atoms with Crippen molar-refractivity contribution in [3.63, 3.8) is 0 Å². The monoisotopic (exact) mass is 223 g/mol. The van der Waals surface area contributed by atoms with Gasteiger partial charge in [0.15, 0.2) is 11.6 Å². The van der Waals surface area contributed by atoms with Gasteiger partial charge in [-0.05, 0) is 31.9 Å². The molecule has 0 bridgehead atoms. The minimum Gasteiger partial charge on any atom is -0.494 e. The molecule has 0 aromatic heterocycles. The van der Waals surface area contributed by atoms with Crippen LogP contribution >= 0.6 is 0 Å². The zero-order chi connectivity index (χ0) is 11.6. The Balaban J connectivity index is 2.46. The molecular weight excluding hydrogens is 205 g/mol. The first kappa shape index (κ1) is 11.4. The summed E-state index contributed by atoms with van der Waals surface area (Å²) in [5.41, 5.74) is 0.547. The van der Waals surface area contributed by atoms with E-state index in [1.54, 1.807) is 6.07 Å². The predicted octanol–water partition coefficient (Wildman–Crippen LogP) is 2.82. The van der Waals surface area contributed by atoms with E-state index in [4.69, 9.17) is 4.74 Å². The molecule has 2 rings (SSSR count). The van der Waals surface area contributed by atoms with E-state index in [2.05, 4.69) is 12.2 Å². The zero-order valence-corrected chi connectivity index (χ0v) is 9.85. The van der Waals surface area contributed by atoms with Crippen molar-refractivity contribution >= 4 is 0 Å². The van der Waals surface area contributed by atoms with Crippen LogP contribution in [0.15, 0.2) is 18.2 Å². The lowest BCUT2D eigenvalue weighted by Gasteiger charge is -2.29. The van der Waals surface area contributed by atoms with E-state index in [9.17, 15) is 4.39 Å². The van der Waals surface area contributed by atoms with E-state index in [-0.39, 0.29) is 11.4 Å². The molecule has 0 radical (unpaired) electrons. The lowest BCUT2D eigenvalue weighted by Crippen LogP contribution is -2.36. The molecule has 1 aliphatic rings. The summed E-state index contributed by atoms with van der Waals surface area (Å²) in [5.74, 6) is 0.111. The third-order valence-electron chi connectivity index (χ3n) is 3.55. The Hall–Kier alpha value is -1.09. The topological polar surface area (TPSA) is 21.3 Å². The number of hydrogen-bond acceptors (Lipinski definition) is 2. The van der Waals surface area contributed by atoms with Crippen LogP contribution in [0.25, 0.3) is 0 Å². The van der Waals surface area contributed by atoms with Crippen molar-refractivity contribution in [1.82, 2.24) is 5.32 Å². The Labute approximate surface area is 95.8 Å². The van der Waals surface area contributed by atoms with Crippen LogP contribution in [0.1, 0.15) is 31.7 Å². The summed E-state index contributed by atoms with van der Waals surface area (Å²) in [7, 11) is 1.50. The molecule has 1 aliphatic heterocycles. The molecule has 1 saturated heterocycles. The van der Waals surface area contributed by atoms with Crippen molar-refractivity contribution in [1.29, 1.82) is 0 Å². The van der Waals surface area contributed by atoms with Crippen LogP contribution in [0.5, 0.6) is 5.75 Å². The second kappa shape index (κ2) is 4.42. The van der Waals surface area contributed by atoms with E-state index in [1.807, 2.05) is 12.1 Å². The molecule has 3 heteroatoms. The first-order valence-corrected chi connectivity index (χ1v) is 5.81. The highest BCUT2D eigenvalue weighted by Crippen LogP contribution is 2.37. The number of methoxy groups -OCH3 is 1. The number of halogens is 1. The Morgan fingerprint density at radius 1 is 1.50 bits per heavy atom. The summed E-state index contributed by atoms with van der Waals surface area (Å²) >= 11 is 0. The van der Waals surface area contributed by atoms with E-state index >= 15 is 0 Å². The molecule has 1 heterocycles. The van der Waals surface area contributed by atoms with Crippen LogP contribution in [0.2, 0.25) is 0 Å². The Morgan fingerprint density at radius 2 is 2.31 bits per heavy atom. The predicted molar refractivity (Wildman–Crippen MR) is 62.2 cm³/mol. The molecule has 1 fully saturated rings. The fraction of sp³-hybridized carbons (Fsp3) is 0.538. The molecule has 1 N–H and O–H groups in total. The van der Waals surface area contributed by atoms with Gasteiger partial charge in [-0.1, -0.05) is 19.1 Å². The first-order chi connectivity index (χ1) is 7.73. The minimum atomic E-state index is -0.221. The zero-order valence-electron chi connectivity index (χ0n) is 9.85. The van der Waals surface area contributed by atoms with Crippen molar-refractivity contribution in [3.05, 3.63) is 29.6 Å². The van der Waals surface area contributed by atoms with E-state index in [0.29, 0.717) is 5.75 Å². The molecular formula is C13H18FNO. The number of rotatable bonds is 3. The maximum Gasteiger partial charge on any atom is 0.170 e. The van der Waals surface area contributed by atoms with Crippen LogP contribution < -0.4 is 10.1 Å². The highest BCUT2D eigenvalue weighted by Gasteiger charge is 2.36. The van der Waals surface area contributed by atoms with Crippen LogP contribution in [0.4, 0.5) is 4.39 Å². The van der Waals surface area contributed by atoms with Gasteiger partial charge in [-0.3, -0.25) is 0 Å². The number of ether oxygens (including phenoxy) is 1. The number of hydrogen-bond donors (Lipinski definition) is 1. The molecule has 1 aromatic carbocycles. The molecule has 88 valence electrons. The standard InChI is InChI=1S/C13H18FNO/c1-3-13(8-5-9-15-13)10-6-4-7-11(16-2)12(10)14/h4,6-7,15H,3,5,8-9H2,1-2H3. The summed E-state index contributed by atoms with van der Waals surface area (Å²) in [6.07, 6.45) is 3.00. The van der Waals surface area contributed by atoms with E-state index in [0.717, 1.165) is 31.4 Å². The quantitative estimate of drug-likeness (QED) is 0.850. The smallest absolute Gasteiger partial charge is 0.170 e. The van der Waals surface area contributed by atoms with E-state index in [1.165, 1.54) is 7.11 Å². The lowest BCUT2D eigenvalue weighted by atomic mass is 9.85. The van der Waals surface area contributed by atoms with Gasteiger partial charge in [0.2, 0.25) is 0 Å². The minimum absolute atomic E-state index is 0.196. The normalized spacial score (nSPS) is 24.7. The van der Waals surface area contributed by atoms with Crippen molar-refractivity contribution in [3.8, 4) is 5.75 Å². The van der Waals surface area contributed by atoms with Crippen molar-refractivity contribution in [2.75, 3.05) is 13.7 Å². The summed E-state index contributed by atoms with van der Waals surface area (Å²) in [6, 6.07) is 5.38. The Morgan fingerprint density at radius 3 is 2.88 bits per heavy atom. The van der Waals surface area contributed by atoms with Crippen molar-refractivity contribution < 1.29 is 9.13 Å². The largest absolute Gasteiger partial charge is 0.494 e. The molecule has 0 aliphatic carbocycles. The van der Waals surface area contributed by atoms with Gasteiger partial charge in [0.25, 0.3) is 0 Å². The van der Waals surface area contributed by atoms with Gasteiger partial charge >= 0.3 is 0 Å². The third-order valence-corrected chi connectivity index (χ3v) is 3.55. The molecule has 1 unspecified atom stereocenters. The van der Waals surface area contributed by atoms with E-state index < -0.39 is 0 Å². The molecule has 1 atom stereocenters. The van der Waals surface area contributed by atoms with Crippen LogP contribution in [0, 0.1) is 5.82 Å². The van der Waals surface area contributed by atoms with Gasteiger partial charge in [-0.2, -0.15) is 0 Å². The third kappa shape index (κ3) is 1.69. The highest BCUT2D eigenvalue weighted by atomic mass is 19.1. The molecule has 0 spiro atoms. The second-order valence-electron chi connectivity index (χ2n) is 4.29. The maximum atomic E-state index is 14.2. The Kier molecular flexibility index (Phi) is 3.15. The second-order valence-corrected chi connectivity index (χ2v) is 4.29. The SMILES string of the molecule is CCC1(c2cccc(OC)c2F)CCCN1. The van der Waals surface area contributed by atoms with Crippen LogP contribution in [-0.4, -0.2) is 13.7 Å². The number of nitrogens with one attached hydrogen (secondary N) is 1. The fourth-order valence-electron chi connectivity index (χ4n) is 2.57. The molecule has 0 amide bonds. The molecule has 0 saturated carbocycles. The first-order valence-electron chi connectivity index (χ1n) is 5.81. The molecule has 1 aromatic rings. The maximum absolute atomic E-state index is 14.2. The summed E-state index contributed by atoms with van der Waals surface area (Å²) in [6.45, 7) is 3.06. The summed E-state index contributed by atoms with van der Waals surface area (Å²) in [5, 5.41) is 3.43. The summed E-state index contributed by atoms with van der Waals surface area (Å²) in [4.78, 5) is 0. The average Bonchev–Trinajstić information content (AvgIpc) is 2.79. The lowest BCUT2D eigenvalue weighted by molar-refractivity contribution is 0.339. The van der Waals surface area contributed by atoms with Gasteiger partial charge < -0.3 is 10.1 Å². The van der Waals surface area contributed by atoms with Gasteiger partial charge in [-0.15, -0.1) is 0 Å². The van der Waals surface area contributed by atoms with Crippen LogP contribution in [-0.2, 0) is 5.54 Å². The Bertz CT molecular complexity index is 372. The van der Waals surface area contributed by atoms with Crippen molar-refractivity contribution in [2.24, 2.45) is 0 Å². The number of benzene rings is 1. The molecule has 16 heavy (non-hydrogen) atoms. The van der Waals surface area contributed by atoms with Crippen LogP contribution in [0.3, 0.4) is 0 Å². The fourth-order valence-corrected chi connectivity index (χ4v) is 2.57. The van der Waals surface area contributed by atoms with Gasteiger partial charge in [0.05, 0.1) is 7.11 Å². The van der Waals surface area contributed by atoms with Gasteiger partial charge in [0, 0.05) is 11.1 Å². The molecule has 2 nitrogen and oxygen atoms in total.